The minimum absolute atomic E-state index is 0.112. The molecule has 1 unspecified atom stereocenters. The molecule has 3 rings (SSSR count). The van der Waals surface area contributed by atoms with Crippen LogP contribution in [0, 0.1) is 5.92 Å². The molecule has 0 aliphatic carbocycles. The summed E-state index contributed by atoms with van der Waals surface area (Å²) in [6, 6.07) is 0. The number of anilines is 1. The van der Waals surface area contributed by atoms with Crippen LogP contribution in [0.25, 0.3) is 11.0 Å². The molecule has 0 saturated carbocycles. The number of carbonyl (C=O) groups is 2. The third-order valence-corrected chi connectivity index (χ3v) is 3.87. The molecule has 110 valence electrons. The van der Waals surface area contributed by atoms with Crippen LogP contribution in [0.3, 0.4) is 0 Å². The largest absolute Gasteiger partial charge is 0.478 e. The van der Waals surface area contributed by atoms with Gasteiger partial charge in [-0.3, -0.25) is 9.48 Å². The fourth-order valence-electron chi connectivity index (χ4n) is 2.78. The Kier molecular flexibility index (Phi) is 3.00. The van der Waals surface area contributed by atoms with E-state index in [4.69, 9.17) is 5.73 Å². The van der Waals surface area contributed by atoms with Gasteiger partial charge in [0.1, 0.15) is 5.56 Å². The van der Waals surface area contributed by atoms with E-state index in [-0.39, 0.29) is 17.4 Å². The number of hydrogen-bond acceptors (Lipinski definition) is 5. The predicted molar refractivity (Wildman–Crippen MR) is 75.0 cm³/mol. The quantitative estimate of drug-likeness (QED) is 0.820. The van der Waals surface area contributed by atoms with Crippen LogP contribution in [-0.2, 0) is 11.8 Å². The first-order valence-corrected chi connectivity index (χ1v) is 6.57. The van der Waals surface area contributed by atoms with E-state index < -0.39 is 5.97 Å². The predicted octanol–water partition coefficient (Wildman–Crippen LogP) is -0.0219. The monoisotopic (exact) mass is 289 g/mol. The van der Waals surface area contributed by atoms with Crippen molar-refractivity contribution < 1.29 is 14.7 Å². The van der Waals surface area contributed by atoms with Gasteiger partial charge in [0.15, 0.2) is 5.65 Å². The van der Waals surface area contributed by atoms with Crippen molar-refractivity contribution in [3.05, 3.63) is 18.0 Å². The molecule has 1 aliphatic heterocycles. The summed E-state index contributed by atoms with van der Waals surface area (Å²) < 4.78 is 1.59. The first-order valence-electron chi connectivity index (χ1n) is 6.57. The van der Waals surface area contributed by atoms with Crippen molar-refractivity contribution in [2.24, 2.45) is 18.7 Å². The van der Waals surface area contributed by atoms with E-state index in [1.54, 1.807) is 17.9 Å². The van der Waals surface area contributed by atoms with Gasteiger partial charge >= 0.3 is 5.97 Å². The number of carboxylic acids is 1. The van der Waals surface area contributed by atoms with E-state index in [0.29, 0.717) is 36.2 Å². The normalized spacial score (nSPS) is 18.3. The summed E-state index contributed by atoms with van der Waals surface area (Å²) in [6.07, 6.45) is 3.56. The van der Waals surface area contributed by atoms with Crippen LogP contribution in [-0.4, -0.2) is 44.8 Å². The van der Waals surface area contributed by atoms with Crippen molar-refractivity contribution in [2.45, 2.75) is 6.42 Å². The van der Waals surface area contributed by atoms with Crippen LogP contribution in [0.5, 0.6) is 0 Å². The molecule has 3 heterocycles. The van der Waals surface area contributed by atoms with E-state index in [9.17, 15) is 14.7 Å². The van der Waals surface area contributed by atoms with E-state index >= 15 is 0 Å². The van der Waals surface area contributed by atoms with E-state index in [1.165, 1.54) is 6.20 Å². The number of fused-ring (bicyclic) bond motifs is 1. The Bertz CT molecular complexity index is 739. The fraction of sp³-hybridized carbons (Fsp3) is 0.385. The average Bonchev–Trinajstić information content (AvgIpc) is 3.05. The van der Waals surface area contributed by atoms with Crippen LogP contribution in [0.4, 0.5) is 5.69 Å². The van der Waals surface area contributed by atoms with Crippen molar-refractivity contribution in [3.8, 4) is 0 Å². The maximum absolute atomic E-state index is 11.5. The summed E-state index contributed by atoms with van der Waals surface area (Å²) in [5.74, 6) is -1.66. The number of rotatable bonds is 3. The summed E-state index contributed by atoms with van der Waals surface area (Å²) in [5, 5.41) is 14.2. The van der Waals surface area contributed by atoms with Crippen molar-refractivity contribution >= 4 is 28.6 Å². The van der Waals surface area contributed by atoms with Crippen molar-refractivity contribution in [3.63, 3.8) is 0 Å². The topological polar surface area (TPSA) is 114 Å². The standard InChI is InChI=1S/C13H15N5O3/c1-17-12-8(5-16-17)10(9(4-15-12)13(20)21)18-3-2-7(6-18)11(14)19/h4-5,7H,2-3,6H2,1H3,(H2,14,19)(H,20,21). The highest BCUT2D eigenvalue weighted by atomic mass is 16.4. The summed E-state index contributed by atoms with van der Waals surface area (Å²) >= 11 is 0. The molecule has 8 nitrogen and oxygen atoms in total. The molecular formula is C13H15N5O3. The number of aromatic carboxylic acids is 1. The maximum Gasteiger partial charge on any atom is 0.339 e. The second kappa shape index (κ2) is 4.72. The van der Waals surface area contributed by atoms with Gasteiger partial charge in [-0.2, -0.15) is 5.10 Å². The minimum Gasteiger partial charge on any atom is -0.478 e. The highest BCUT2D eigenvalue weighted by Crippen LogP contribution is 2.33. The number of aryl methyl sites for hydroxylation is 1. The second-order valence-corrected chi connectivity index (χ2v) is 5.17. The number of amides is 1. The first kappa shape index (κ1) is 13.3. The lowest BCUT2D eigenvalue weighted by Crippen LogP contribution is -2.28. The van der Waals surface area contributed by atoms with Gasteiger partial charge < -0.3 is 15.7 Å². The van der Waals surface area contributed by atoms with Gasteiger partial charge in [-0.15, -0.1) is 0 Å². The summed E-state index contributed by atoms with van der Waals surface area (Å²) in [7, 11) is 1.75. The molecule has 3 N–H and O–H groups in total. The zero-order valence-corrected chi connectivity index (χ0v) is 11.5. The molecule has 0 bridgehead atoms. The molecule has 1 fully saturated rings. The number of nitrogens with two attached hydrogens (primary N) is 1. The number of carboxylic acid groups (broad SMARTS) is 1. The van der Waals surface area contributed by atoms with Gasteiger partial charge in [-0.25, -0.2) is 9.78 Å². The molecule has 2 aromatic rings. The third kappa shape index (κ3) is 2.08. The summed E-state index contributed by atoms with van der Waals surface area (Å²) in [4.78, 5) is 28.8. The van der Waals surface area contributed by atoms with Crippen LogP contribution in [0.2, 0.25) is 0 Å². The molecule has 0 radical (unpaired) electrons. The molecule has 0 spiro atoms. The Hall–Kier alpha value is -2.64. The van der Waals surface area contributed by atoms with Crippen LogP contribution >= 0.6 is 0 Å². The number of hydrogen-bond donors (Lipinski definition) is 2. The Morgan fingerprint density at radius 2 is 2.19 bits per heavy atom. The SMILES string of the molecule is Cn1ncc2c(N3CCC(C(N)=O)C3)c(C(=O)O)cnc21. The number of primary amides is 1. The fourth-order valence-corrected chi connectivity index (χ4v) is 2.78. The van der Waals surface area contributed by atoms with Gasteiger partial charge in [-0.1, -0.05) is 0 Å². The highest BCUT2D eigenvalue weighted by molar-refractivity contribution is 6.04. The zero-order valence-electron chi connectivity index (χ0n) is 11.5. The molecular weight excluding hydrogens is 274 g/mol. The highest BCUT2D eigenvalue weighted by Gasteiger charge is 2.31. The lowest BCUT2D eigenvalue weighted by molar-refractivity contribution is -0.121. The van der Waals surface area contributed by atoms with E-state index in [1.807, 2.05) is 4.90 Å². The second-order valence-electron chi connectivity index (χ2n) is 5.17. The van der Waals surface area contributed by atoms with Crippen molar-refractivity contribution in [2.75, 3.05) is 18.0 Å². The van der Waals surface area contributed by atoms with Gasteiger partial charge in [0.2, 0.25) is 5.91 Å². The molecule has 8 heteroatoms. The molecule has 1 amide bonds. The Labute approximate surface area is 120 Å². The lowest BCUT2D eigenvalue weighted by Gasteiger charge is -2.21. The summed E-state index contributed by atoms with van der Waals surface area (Å²) in [5.41, 5.74) is 6.62. The Balaban J connectivity index is 2.13. The van der Waals surface area contributed by atoms with Gasteiger partial charge in [0, 0.05) is 26.3 Å². The molecule has 2 aromatic heterocycles. The van der Waals surface area contributed by atoms with Crippen LogP contribution in [0.15, 0.2) is 12.4 Å². The maximum atomic E-state index is 11.5. The Morgan fingerprint density at radius 1 is 1.43 bits per heavy atom. The number of carbonyl (C=O) groups excluding carboxylic acids is 1. The lowest BCUT2D eigenvalue weighted by atomic mass is 10.1. The van der Waals surface area contributed by atoms with Crippen molar-refractivity contribution in [1.29, 1.82) is 0 Å². The Morgan fingerprint density at radius 3 is 2.81 bits per heavy atom. The smallest absolute Gasteiger partial charge is 0.339 e. The van der Waals surface area contributed by atoms with Crippen LogP contribution < -0.4 is 10.6 Å². The molecule has 0 aromatic carbocycles. The summed E-state index contributed by atoms with van der Waals surface area (Å²) in [6.45, 7) is 1.01. The average molecular weight is 289 g/mol. The molecule has 1 atom stereocenters. The first-order chi connectivity index (χ1) is 9.99. The molecule has 1 saturated heterocycles. The third-order valence-electron chi connectivity index (χ3n) is 3.87. The molecule has 1 aliphatic rings. The van der Waals surface area contributed by atoms with Crippen LogP contribution in [0.1, 0.15) is 16.8 Å². The van der Waals surface area contributed by atoms with E-state index in [2.05, 4.69) is 10.1 Å². The van der Waals surface area contributed by atoms with E-state index in [0.717, 1.165) is 0 Å². The number of aromatic nitrogens is 3. The zero-order chi connectivity index (χ0) is 15.1. The van der Waals surface area contributed by atoms with Gasteiger partial charge in [0.05, 0.1) is 23.2 Å². The minimum atomic E-state index is -1.05. The van der Waals surface area contributed by atoms with Gasteiger partial charge in [0.25, 0.3) is 0 Å². The number of pyridine rings is 1. The molecule has 21 heavy (non-hydrogen) atoms. The van der Waals surface area contributed by atoms with Crippen molar-refractivity contribution in [1.82, 2.24) is 14.8 Å². The number of nitrogens with zero attached hydrogens (tertiary/aromatic N) is 4. The van der Waals surface area contributed by atoms with Gasteiger partial charge in [-0.05, 0) is 6.42 Å².